The van der Waals surface area contributed by atoms with Gasteiger partial charge in [0.05, 0.1) is 0 Å². The Hall–Kier alpha value is -1.84. The minimum absolute atomic E-state index is 0.581. The Bertz CT molecular complexity index is 621. The zero-order valence-corrected chi connectivity index (χ0v) is 15.1. The summed E-state index contributed by atoms with van der Waals surface area (Å²) in [6.07, 6.45) is 1.22. The number of benzene rings is 2. The predicted octanol–water partition coefficient (Wildman–Crippen LogP) is 3.51. The van der Waals surface area contributed by atoms with Crippen molar-refractivity contribution in [3.05, 3.63) is 65.7 Å². The lowest BCUT2D eigenvalue weighted by atomic mass is 10.1. The van der Waals surface area contributed by atoms with Gasteiger partial charge in [0.2, 0.25) is 0 Å². The third-order valence-electron chi connectivity index (χ3n) is 4.98. The molecule has 1 aliphatic rings. The molecule has 1 fully saturated rings. The quantitative estimate of drug-likeness (QED) is 0.878. The highest BCUT2D eigenvalue weighted by Gasteiger charge is 2.28. The van der Waals surface area contributed by atoms with Crippen LogP contribution in [-0.2, 0) is 13.1 Å². The largest absolute Gasteiger partial charge is 0.378 e. The maximum absolute atomic E-state index is 3.74. The van der Waals surface area contributed by atoms with Gasteiger partial charge in [-0.1, -0.05) is 42.5 Å². The maximum Gasteiger partial charge on any atom is 0.0361 e. The molecule has 0 radical (unpaired) electrons. The molecule has 0 bridgehead atoms. The first-order valence-electron chi connectivity index (χ1n) is 8.89. The highest BCUT2D eigenvalue weighted by atomic mass is 15.2. The molecule has 1 N–H and O–H groups in total. The Morgan fingerprint density at radius 1 is 1.00 bits per heavy atom. The first-order chi connectivity index (χ1) is 11.6. The van der Waals surface area contributed by atoms with E-state index in [0.29, 0.717) is 12.1 Å². The van der Waals surface area contributed by atoms with E-state index in [2.05, 4.69) is 90.7 Å². The van der Waals surface area contributed by atoms with Gasteiger partial charge >= 0.3 is 0 Å². The third kappa shape index (κ3) is 4.37. The van der Waals surface area contributed by atoms with Crippen molar-refractivity contribution in [2.45, 2.75) is 38.5 Å². The lowest BCUT2D eigenvalue weighted by molar-refractivity contribution is 0.257. The SMILES string of the molecule is CC1CC(NCc2ccc(N(C)C)cc2)CN1Cc1ccccc1. The van der Waals surface area contributed by atoms with E-state index in [0.717, 1.165) is 19.6 Å². The van der Waals surface area contributed by atoms with Crippen LogP contribution in [0.2, 0.25) is 0 Å². The first kappa shape index (κ1) is 17.0. The topological polar surface area (TPSA) is 18.5 Å². The third-order valence-corrected chi connectivity index (χ3v) is 4.98. The maximum atomic E-state index is 3.74. The van der Waals surface area contributed by atoms with Gasteiger partial charge in [-0.3, -0.25) is 4.90 Å². The van der Waals surface area contributed by atoms with Crippen molar-refractivity contribution in [3.63, 3.8) is 0 Å². The summed E-state index contributed by atoms with van der Waals surface area (Å²) in [6.45, 7) is 5.48. The van der Waals surface area contributed by atoms with E-state index in [1.165, 1.54) is 23.2 Å². The Kier molecular flexibility index (Phi) is 5.54. The van der Waals surface area contributed by atoms with Crippen LogP contribution in [0.4, 0.5) is 5.69 Å². The lowest BCUT2D eigenvalue weighted by Gasteiger charge is -2.21. The molecule has 1 aliphatic heterocycles. The van der Waals surface area contributed by atoms with Crippen LogP contribution in [0.5, 0.6) is 0 Å². The highest BCUT2D eigenvalue weighted by Crippen LogP contribution is 2.21. The number of rotatable bonds is 6. The molecule has 3 rings (SSSR count). The average molecular weight is 323 g/mol. The van der Waals surface area contributed by atoms with Gasteiger partial charge in [0, 0.05) is 51.5 Å². The second-order valence-electron chi connectivity index (χ2n) is 7.14. The van der Waals surface area contributed by atoms with Gasteiger partial charge in [0.25, 0.3) is 0 Å². The number of likely N-dealkylation sites (tertiary alicyclic amines) is 1. The molecule has 3 heteroatoms. The number of hydrogen-bond acceptors (Lipinski definition) is 3. The van der Waals surface area contributed by atoms with Crippen molar-refractivity contribution < 1.29 is 0 Å². The van der Waals surface area contributed by atoms with E-state index < -0.39 is 0 Å². The molecule has 0 aromatic heterocycles. The zero-order chi connectivity index (χ0) is 16.9. The van der Waals surface area contributed by atoms with E-state index in [-0.39, 0.29) is 0 Å². The van der Waals surface area contributed by atoms with Crippen molar-refractivity contribution in [2.75, 3.05) is 25.5 Å². The predicted molar refractivity (Wildman–Crippen MR) is 102 cm³/mol. The summed E-state index contributed by atoms with van der Waals surface area (Å²) in [5.41, 5.74) is 4.02. The smallest absolute Gasteiger partial charge is 0.0361 e. The average Bonchev–Trinajstić information content (AvgIpc) is 2.94. The van der Waals surface area contributed by atoms with Crippen LogP contribution >= 0.6 is 0 Å². The van der Waals surface area contributed by atoms with E-state index in [4.69, 9.17) is 0 Å². The van der Waals surface area contributed by atoms with Gasteiger partial charge in [0.1, 0.15) is 0 Å². The summed E-state index contributed by atoms with van der Waals surface area (Å²) in [6, 6.07) is 20.8. The standard InChI is InChI=1S/C21H29N3/c1-17-13-20(16-24(17)15-19-7-5-4-6-8-19)22-14-18-9-11-21(12-10-18)23(2)3/h4-12,17,20,22H,13-16H2,1-3H3. The molecule has 2 aromatic carbocycles. The van der Waals surface area contributed by atoms with Gasteiger partial charge in [-0.15, -0.1) is 0 Å². The molecule has 2 atom stereocenters. The molecule has 0 saturated carbocycles. The molecular weight excluding hydrogens is 294 g/mol. The molecule has 2 unspecified atom stereocenters. The summed E-state index contributed by atoms with van der Waals surface area (Å²) in [5.74, 6) is 0. The Labute approximate surface area is 146 Å². The number of hydrogen-bond donors (Lipinski definition) is 1. The minimum Gasteiger partial charge on any atom is -0.378 e. The normalized spacial score (nSPS) is 21.1. The summed E-state index contributed by atoms with van der Waals surface area (Å²) < 4.78 is 0. The number of nitrogens with zero attached hydrogens (tertiary/aromatic N) is 2. The summed E-state index contributed by atoms with van der Waals surface area (Å²) in [7, 11) is 4.16. The number of nitrogens with one attached hydrogen (secondary N) is 1. The second kappa shape index (κ2) is 7.82. The van der Waals surface area contributed by atoms with E-state index >= 15 is 0 Å². The molecule has 128 valence electrons. The van der Waals surface area contributed by atoms with E-state index in [9.17, 15) is 0 Å². The zero-order valence-electron chi connectivity index (χ0n) is 15.1. The summed E-state index contributed by atoms with van der Waals surface area (Å²) in [5, 5.41) is 3.74. The molecule has 24 heavy (non-hydrogen) atoms. The van der Waals surface area contributed by atoms with Crippen molar-refractivity contribution in [2.24, 2.45) is 0 Å². The van der Waals surface area contributed by atoms with Crippen LogP contribution in [0.25, 0.3) is 0 Å². The van der Waals surface area contributed by atoms with Crippen molar-refractivity contribution in [3.8, 4) is 0 Å². The van der Waals surface area contributed by atoms with Crippen molar-refractivity contribution in [1.82, 2.24) is 10.2 Å². The second-order valence-corrected chi connectivity index (χ2v) is 7.14. The molecule has 1 heterocycles. The lowest BCUT2D eigenvalue weighted by Crippen LogP contribution is -2.32. The monoisotopic (exact) mass is 323 g/mol. The fourth-order valence-electron chi connectivity index (χ4n) is 3.46. The fourth-order valence-corrected chi connectivity index (χ4v) is 3.46. The van der Waals surface area contributed by atoms with Gasteiger partial charge in [-0.2, -0.15) is 0 Å². The number of anilines is 1. The highest BCUT2D eigenvalue weighted by molar-refractivity contribution is 5.45. The Morgan fingerprint density at radius 3 is 2.38 bits per heavy atom. The molecule has 3 nitrogen and oxygen atoms in total. The van der Waals surface area contributed by atoms with Crippen LogP contribution in [0, 0.1) is 0 Å². The molecule has 1 saturated heterocycles. The van der Waals surface area contributed by atoms with Crippen LogP contribution in [-0.4, -0.2) is 37.6 Å². The summed E-state index contributed by atoms with van der Waals surface area (Å²) >= 11 is 0. The van der Waals surface area contributed by atoms with Crippen molar-refractivity contribution in [1.29, 1.82) is 0 Å². The molecule has 0 amide bonds. The Morgan fingerprint density at radius 2 is 1.71 bits per heavy atom. The molecular formula is C21H29N3. The van der Waals surface area contributed by atoms with Crippen LogP contribution in [0.15, 0.2) is 54.6 Å². The van der Waals surface area contributed by atoms with Crippen LogP contribution in [0.1, 0.15) is 24.5 Å². The van der Waals surface area contributed by atoms with Crippen LogP contribution in [0.3, 0.4) is 0 Å². The van der Waals surface area contributed by atoms with Gasteiger partial charge < -0.3 is 10.2 Å². The molecule has 0 spiro atoms. The van der Waals surface area contributed by atoms with Gasteiger partial charge in [-0.05, 0) is 36.6 Å². The molecule has 2 aromatic rings. The van der Waals surface area contributed by atoms with E-state index in [1.807, 2.05) is 0 Å². The Balaban J connectivity index is 1.50. The minimum atomic E-state index is 0.581. The first-order valence-corrected chi connectivity index (χ1v) is 8.89. The molecule has 0 aliphatic carbocycles. The fraction of sp³-hybridized carbons (Fsp3) is 0.429. The van der Waals surface area contributed by atoms with Gasteiger partial charge in [0.15, 0.2) is 0 Å². The van der Waals surface area contributed by atoms with Crippen molar-refractivity contribution >= 4 is 5.69 Å². The van der Waals surface area contributed by atoms with Crippen LogP contribution < -0.4 is 10.2 Å². The van der Waals surface area contributed by atoms with E-state index in [1.54, 1.807) is 0 Å². The summed E-state index contributed by atoms with van der Waals surface area (Å²) in [4.78, 5) is 4.72. The van der Waals surface area contributed by atoms with Gasteiger partial charge in [-0.25, -0.2) is 0 Å².